The van der Waals surface area contributed by atoms with Gasteiger partial charge in [-0.1, -0.05) is 0 Å². The van der Waals surface area contributed by atoms with Crippen molar-refractivity contribution < 1.29 is 4.74 Å². The zero-order valence-corrected chi connectivity index (χ0v) is 13.4. The van der Waals surface area contributed by atoms with Crippen LogP contribution in [0.2, 0.25) is 0 Å². The Hall–Kier alpha value is -1.85. The Labute approximate surface area is 137 Å². The summed E-state index contributed by atoms with van der Waals surface area (Å²) in [5.74, 6) is 0.971. The molecule has 0 unspecified atom stereocenters. The molecule has 1 aromatic heterocycles. The number of nitrogens with zero attached hydrogens (tertiary/aromatic N) is 2. The summed E-state index contributed by atoms with van der Waals surface area (Å²) in [5, 5.41) is 9.17. The molecule has 2 N–H and O–H groups in total. The van der Waals surface area contributed by atoms with Crippen LogP contribution >= 0.6 is 0 Å². The van der Waals surface area contributed by atoms with Crippen molar-refractivity contribution in [3.05, 3.63) is 30.6 Å². The number of piperidine rings is 1. The van der Waals surface area contributed by atoms with Gasteiger partial charge in [-0.2, -0.15) is 0 Å². The van der Waals surface area contributed by atoms with Crippen LogP contribution in [0.25, 0.3) is 10.8 Å². The molecule has 0 radical (unpaired) electrons. The van der Waals surface area contributed by atoms with Crippen molar-refractivity contribution >= 4 is 16.5 Å². The van der Waals surface area contributed by atoms with Crippen LogP contribution < -0.4 is 20.3 Å². The van der Waals surface area contributed by atoms with E-state index in [0.29, 0.717) is 6.10 Å². The van der Waals surface area contributed by atoms with Gasteiger partial charge < -0.3 is 20.3 Å². The predicted octanol–water partition coefficient (Wildman–Crippen LogP) is 1.78. The molecule has 2 fully saturated rings. The van der Waals surface area contributed by atoms with E-state index in [1.165, 1.54) is 11.1 Å². The molecule has 2 aliphatic rings. The first-order valence-electron chi connectivity index (χ1n) is 8.61. The number of hydrogen-bond donors (Lipinski definition) is 2. The molecule has 2 aliphatic heterocycles. The molecule has 5 heteroatoms. The van der Waals surface area contributed by atoms with Gasteiger partial charge in [0, 0.05) is 55.0 Å². The lowest BCUT2D eigenvalue weighted by molar-refractivity contribution is 0.164. The Balaban J connectivity index is 1.67. The van der Waals surface area contributed by atoms with Crippen molar-refractivity contribution in [3.8, 4) is 5.75 Å². The van der Waals surface area contributed by atoms with Crippen LogP contribution in [0.15, 0.2) is 30.6 Å². The number of ether oxygens (including phenoxy) is 1. The molecular formula is C18H24N4O. The maximum absolute atomic E-state index is 6.30. The first-order chi connectivity index (χ1) is 11.4. The van der Waals surface area contributed by atoms with Gasteiger partial charge in [0.25, 0.3) is 0 Å². The van der Waals surface area contributed by atoms with Gasteiger partial charge in [-0.05, 0) is 44.1 Å². The van der Waals surface area contributed by atoms with E-state index in [4.69, 9.17) is 4.74 Å². The molecule has 5 nitrogen and oxygen atoms in total. The highest BCUT2D eigenvalue weighted by Gasteiger charge is 2.18. The third kappa shape index (κ3) is 3.12. The Kier molecular flexibility index (Phi) is 4.30. The summed E-state index contributed by atoms with van der Waals surface area (Å²) in [6.45, 7) is 6.26. The van der Waals surface area contributed by atoms with E-state index in [9.17, 15) is 0 Å². The number of piperazine rings is 1. The average molecular weight is 312 g/mol. The minimum absolute atomic E-state index is 0.310. The Morgan fingerprint density at radius 2 is 1.74 bits per heavy atom. The summed E-state index contributed by atoms with van der Waals surface area (Å²) < 4.78 is 6.30. The number of rotatable bonds is 3. The van der Waals surface area contributed by atoms with Crippen LogP contribution in [0.1, 0.15) is 12.8 Å². The van der Waals surface area contributed by atoms with Crippen molar-refractivity contribution in [1.82, 2.24) is 15.6 Å². The fraction of sp³-hybridized carbons (Fsp3) is 0.500. The number of hydrogen-bond acceptors (Lipinski definition) is 5. The van der Waals surface area contributed by atoms with Gasteiger partial charge in [0.1, 0.15) is 11.9 Å². The van der Waals surface area contributed by atoms with Crippen LogP contribution in [0.3, 0.4) is 0 Å². The van der Waals surface area contributed by atoms with Gasteiger partial charge in [-0.3, -0.25) is 4.98 Å². The summed E-state index contributed by atoms with van der Waals surface area (Å²) in [5.41, 5.74) is 1.29. The lowest BCUT2D eigenvalue weighted by atomic mass is 10.1. The smallest absolute Gasteiger partial charge is 0.129 e. The van der Waals surface area contributed by atoms with Crippen molar-refractivity contribution in [1.29, 1.82) is 0 Å². The summed E-state index contributed by atoms with van der Waals surface area (Å²) >= 11 is 0. The molecule has 2 aromatic rings. The van der Waals surface area contributed by atoms with Crippen molar-refractivity contribution in [2.75, 3.05) is 44.2 Å². The maximum atomic E-state index is 6.30. The fourth-order valence-electron chi connectivity index (χ4n) is 3.53. The van der Waals surface area contributed by atoms with Crippen LogP contribution in [0.5, 0.6) is 5.75 Å². The molecule has 0 bridgehead atoms. The zero-order chi connectivity index (χ0) is 15.5. The van der Waals surface area contributed by atoms with Gasteiger partial charge in [0.2, 0.25) is 0 Å². The van der Waals surface area contributed by atoms with E-state index < -0.39 is 0 Å². The van der Waals surface area contributed by atoms with Crippen molar-refractivity contribution in [2.24, 2.45) is 0 Å². The minimum atomic E-state index is 0.310. The minimum Gasteiger partial charge on any atom is -0.490 e. The largest absolute Gasteiger partial charge is 0.490 e. The third-order valence-electron chi connectivity index (χ3n) is 4.79. The first-order valence-corrected chi connectivity index (χ1v) is 8.61. The average Bonchev–Trinajstić information content (AvgIpc) is 2.64. The molecule has 0 aliphatic carbocycles. The second-order valence-electron chi connectivity index (χ2n) is 6.31. The lowest BCUT2D eigenvalue weighted by Gasteiger charge is -2.31. The van der Waals surface area contributed by atoms with Crippen LogP contribution in [-0.4, -0.2) is 50.4 Å². The molecule has 0 spiro atoms. The molecule has 3 heterocycles. The first kappa shape index (κ1) is 14.7. The number of nitrogens with one attached hydrogen (secondary N) is 2. The fourth-order valence-corrected chi connectivity index (χ4v) is 3.53. The van der Waals surface area contributed by atoms with E-state index in [0.717, 1.165) is 63.2 Å². The van der Waals surface area contributed by atoms with E-state index in [2.05, 4.69) is 38.7 Å². The number of benzene rings is 1. The molecule has 4 rings (SSSR count). The van der Waals surface area contributed by atoms with Crippen LogP contribution in [0.4, 0.5) is 5.69 Å². The molecule has 2 saturated heterocycles. The predicted molar refractivity (Wildman–Crippen MR) is 93.3 cm³/mol. The standard InChI is InChI=1S/C18H24N4O/c1-2-18(23-14-3-6-19-7-4-14)16-13-21-8-5-15(16)17(1)22-11-9-20-10-12-22/h1-2,5,8,13-14,19-20H,3-4,6-7,9-12H2. The van der Waals surface area contributed by atoms with Gasteiger partial charge in [-0.15, -0.1) is 0 Å². The third-order valence-corrected chi connectivity index (χ3v) is 4.79. The van der Waals surface area contributed by atoms with Crippen molar-refractivity contribution in [3.63, 3.8) is 0 Å². The highest BCUT2D eigenvalue weighted by molar-refractivity contribution is 5.97. The molecule has 0 amide bonds. The highest BCUT2D eigenvalue weighted by Crippen LogP contribution is 2.34. The van der Waals surface area contributed by atoms with E-state index in [1.807, 2.05) is 12.4 Å². The number of pyridine rings is 1. The molecule has 0 atom stereocenters. The van der Waals surface area contributed by atoms with E-state index in [1.54, 1.807) is 0 Å². The number of fused-ring (bicyclic) bond motifs is 1. The SMILES string of the molecule is c1cc2c(N3CCNCC3)ccc(OC3CCNCC3)c2cn1. The second kappa shape index (κ2) is 6.72. The Morgan fingerprint density at radius 1 is 0.957 bits per heavy atom. The summed E-state index contributed by atoms with van der Waals surface area (Å²) in [6.07, 6.45) is 6.27. The maximum Gasteiger partial charge on any atom is 0.129 e. The van der Waals surface area contributed by atoms with E-state index >= 15 is 0 Å². The summed E-state index contributed by atoms with van der Waals surface area (Å²) in [6, 6.07) is 6.45. The molecule has 0 saturated carbocycles. The van der Waals surface area contributed by atoms with Crippen molar-refractivity contribution in [2.45, 2.75) is 18.9 Å². The topological polar surface area (TPSA) is 49.4 Å². The normalized spacial score (nSPS) is 19.9. The number of anilines is 1. The molecule has 122 valence electrons. The lowest BCUT2D eigenvalue weighted by Crippen LogP contribution is -2.43. The molecule has 23 heavy (non-hydrogen) atoms. The summed E-state index contributed by atoms with van der Waals surface area (Å²) in [4.78, 5) is 6.78. The second-order valence-corrected chi connectivity index (χ2v) is 6.31. The van der Waals surface area contributed by atoms with Gasteiger partial charge in [0.05, 0.1) is 0 Å². The quantitative estimate of drug-likeness (QED) is 0.905. The highest BCUT2D eigenvalue weighted by atomic mass is 16.5. The van der Waals surface area contributed by atoms with Gasteiger partial charge in [0.15, 0.2) is 0 Å². The Morgan fingerprint density at radius 3 is 2.57 bits per heavy atom. The zero-order valence-electron chi connectivity index (χ0n) is 13.4. The number of aromatic nitrogens is 1. The van der Waals surface area contributed by atoms with Gasteiger partial charge >= 0.3 is 0 Å². The monoisotopic (exact) mass is 312 g/mol. The van der Waals surface area contributed by atoms with Gasteiger partial charge in [-0.25, -0.2) is 0 Å². The molecular weight excluding hydrogens is 288 g/mol. The van der Waals surface area contributed by atoms with Crippen LogP contribution in [0, 0.1) is 0 Å². The summed E-state index contributed by atoms with van der Waals surface area (Å²) in [7, 11) is 0. The van der Waals surface area contributed by atoms with E-state index in [-0.39, 0.29) is 0 Å². The Bertz CT molecular complexity index is 663. The molecule has 1 aromatic carbocycles. The van der Waals surface area contributed by atoms with Crippen LogP contribution in [-0.2, 0) is 0 Å².